The lowest BCUT2D eigenvalue weighted by Gasteiger charge is -2.45. The van der Waals surface area contributed by atoms with Gasteiger partial charge >= 0.3 is 0 Å². The van der Waals surface area contributed by atoms with Gasteiger partial charge < -0.3 is 9.47 Å². The predicted octanol–water partition coefficient (Wildman–Crippen LogP) is 5.87. The first-order valence-electron chi connectivity index (χ1n) is 14.1. The van der Waals surface area contributed by atoms with Gasteiger partial charge in [0.15, 0.2) is 0 Å². The third-order valence-corrected chi connectivity index (χ3v) is 9.61. The molecule has 0 radical (unpaired) electrons. The zero-order valence-electron chi connectivity index (χ0n) is 21.9. The van der Waals surface area contributed by atoms with Crippen molar-refractivity contribution in [2.24, 2.45) is 0 Å². The van der Waals surface area contributed by atoms with Gasteiger partial charge in [-0.15, -0.1) is 0 Å². The van der Waals surface area contributed by atoms with Crippen LogP contribution in [0.2, 0.25) is 0 Å². The molecule has 0 unspecified atom stereocenters. The molecular weight excluding hydrogens is 444 g/mol. The van der Waals surface area contributed by atoms with Crippen molar-refractivity contribution in [2.75, 3.05) is 19.6 Å². The van der Waals surface area contributed by atoms with Crippen molar-refractivity contribution in [1.29, 1.82) is 0 Å². The van der Waals surface area contributed by atoms with Crippen LogP contribution >= 0.6 is 0 Å². The molecule has 2 aromatic carbocycles. The van der Waals surface area contributed by atoms with Gasteiger partial charge in [-0.2, -0.15) is 0 Å². The van der Waals surface area contributed by atoms with Gasteiger partial charge in [0.25, 0.3) is 0 Å². The van der Waals surface area contributed by atoms with Crippen LogP contribution in [0.25, 0.3) is 11.0 Å². The Hall–Kier alpha value is -2.66. The van der Waals surface area contributed by atoms with Crippen molar-refractivity contribution in [3.05, 3.63) is 66.0 Å². The van der Waals surface area contributed by atoms with Crippen LogP contribution in [0.4, 0.5) is 0 Å². The van der Waals surface area contributed by atoms with Crippen LogP contribution < -0.4 is 0 Å². The number of hydrogen-bond acceptors (Lipinski definition) is 3. The lowest BCUT2D eigenvalue weighted by Crippen LogP contribution is -2.49. The number of amides is 1. The second kappa shape index (κ2) is 9.66. The second-order valence-corrected chi connectivity index (χ2v) is 11.4. The molecule has 6 rings (SSSR count). The largest absolute Gasteiger partial charge is 0.343 e. The van der Waals surface area contributed by atoms with E-state index in [0.717, 1.165) is 37.3 Å². The number of piperidine rings is 2. The van der Waals surface area contributed by atoms with Crippen molar-refractivity contribution >= 4 is 16.9 Å². The molecule has 3 aliphatic rings. The van der Waals surface area contributed by atoms with Crippen molar-refractivity contribution in [1.82, 2.24) is 19.4 Å². The van der Waals surface area contributed by atoms with E-state index in [1.54, 1.807) is 0 Å². The number of aromatic nitrogens is 2. The van der Waals surface area contributed by atoms with Crippen molar-refractivity contribution in [2.45, 2.75) is 88.8 Å². The molecule has 3 aromatic rings. The number of para-hydroxylation sites is 2. The van der Waals surface area contributed by atoms with Crippen molar-refractivity contribution < 1.29 is 4.79 Å². The Kier molecular flexibility index (Phi) is 6.37. The van der Waals surface area contributed by atoms with Gasteiger partial charge in [-0.3, -0.25) is 9.69 Å². The predicted molar refractivity (Wildman–Crippen MR) is 145 cm³/mol. The highest BCUT2D eigenvalue weighted by Gasteiger charge is 2.44. The van der Waals surface area contributed by atoms with E-state index >= 15 is 0 Å². The van der Waals surface area contributed by atoms with E-state index in [1.807, 2.05) is 6.92 Å². The van der Waals surface area contributed by atoms with Crippen LogP contribution in [-0.2, 0) is 10.2 Å². The first-order valence-corrected chi connectivity index (χ1v) is 14.1. The monoisotopic (exact) mass is 484 g/mol. The standard InChI is InChI=1S/C31H40N4O/c1-3-30(36)33-18-15-31(16-19-33,24-9-5-4-6-10-24)17-20-34-25-13-14-26(34)22-27(21-25)35-23(2)32-28-11-7-8-12-29(28)35/h4-12,25-27H,3,13-22H2,1-2H3/t25-,26+,27+. The lowest BCUT2D eigenvalue weighted by atomic mass is 9.70. The maximum atomic E-state index is 12.4. The average Bonchev–Trinajstić information content (AvgIpc) is 3.38. The summed E-state index contributed by atoms with van der Waals surface area (Å²) in [5, 5.41) is 0. The average molecular weight is 485 g/mol. The van der Waals surface area contributed by atoms with Crippen LogP contribution in [0.15, 0.2) is 54.6 Å². The molecule has 0 spiro atoms. The van der Waals surface area contributed by atoms with Crippen LogP contribution in [0.1, 0.15) is 75.7 Å². The first-order chi connectivity index (χ1) is 17.6. The van der Waals surface area contributed by atoms with E-state index in [9.17, 15) is 4.79 Å². The van der Waals surface area contributed by atoms with Crippen LogP contribution in [0, 0.1) is 6.92 Å². The maximum Gasteiger partial charge on any atom is 0.222 e. The molecule has 5 nitrogen and oxygen atoms in total. The Balaban J connectivity index is 1.18. The minimum Gasteiger partial charge on any atom is -0.343 e. The molecule has 36 heavy (non-hydrogen) atoms. The molecule has 4 heterocycles. The maximum absolute atomic E-state index is 12.4. The number of benzene rings is 2. The highest BCUT2D eigenvalue weighted by atomic mass is 16.2. The summed E-state index contributed by atoms with van der Waals surface area (Å²) in [6.45, 7) is 7.11. The zero-order valence-corrected chi connectivity index (χ0v) is 21.9. The summed E-state index contributed by atoms with van der Waals surface area (Å²) in [6, 6.07) is 21.7. The molecular formula is C31H40N4O. The van der Waals surface area contributed by atoms with E-state index in [4.69, 9.17) is 4.98 Å². The van der Waals surface area contributed by atoms with E-state index in [-0.39, 0.29) is 5.41 Å². The Morgan fingerprint density at radius 3 is 2.31 bits per heavy atom. The van der Waals surface area contributed by atoms with Gasteiger partial charge in [0.2, 0.25) is 5.91 Å². The fraction of sp³-hybridized carbons (Fsp3) is 0.548. The quantitative estimate of drug-likeness (QED) is 0.439. The number of carbonyl (C=O) groups excluding carboxylic acids is 1. The molecule has 1 aromatic heterocycles. The topological polar surface area (TPSA) is 41.4 Å². The number of fused-ring (bicyclic) bond motifs is 3. The molecule has 3 atom stereocenters. The third-order valence-electron chi connectivity index (χ3n) is 9.61. The van der Waals surface area contributed by atoms with E-state index in [0.29, 0.717) is 30.5 Å². The molecule has 190 valence electrons. The molecule has 5 heteroatoms. The Bertz CT molecular complexity index is 1200. The van der Waals surface area contributed by atoms with Gasteiger partial charge in [0.1, 0.15) is 5.82 Å². The molecule has 0 N–H and O–H groups in total. The summed E-state index contributed by atoms with van der Waals surface area (Å²) < 4.78 is 2.53. The number of aryl methyl sites for hydroxylation is 1. The van der Waals surface area contributed by atoms with Gasteiger partial charge in [-0.25, -0.2) is 4.98 Å². The van der Waals surface area contributed by atoms with Gasteiger partial charge in [-0.1, -0.05) is 49.4 Å². The fourth-order valence-electron chi connectivity index (χ4n) is 7.67. The number of rotatable bonds is 6. The SMILES string of the molecule is CCC(=O)N1CCC(CCN2[C@@H]3CC[C@H]2C[C@@H](n2c(C)nc4ccccc42)C3)(c2ccccc2)CC1. The minimum atomic E-state index is 0.180. The number of carbonyl (C=O) groups is 1. The molecule has 1 amide bonds. The van der Waals surface area contributed by atoms with Crippen molar-refractivity contribution in [3.63, 3.8) is 0 Å². The molecule has 3 fully saturated rings. The normalized spacial score (nSPS) is 25.9. The molecule has 3 saturated heterocycles. The second-order valence-electron chi connectivity index (χ2n) is 11.4. The van der Waals surface area contributed by atoms with Crippen LogP contribution in [0.5, 0.6) is 0 Å². The molecule has 0 aliphatic carbocycles. The van der Waals surface area contributed by atoms with E-state index < -0.39 is 0 Å². The summed E-state index contributed by atoms with van der Waals surface area (Å²) in [5.41, 5.74) is 4.07. The number of likely N-dealkylation sites (tertiary alicyclic amines) is 1. The lowest BCUT2D eigenvalue weighted by molar-refractivity contribution is -0.132. The number of hydrogen-bond donors (Lipinski definition) is 0. The fourth-order valence-corrected chi connectivity index (χ4v) is 7.67. The van der Waals surface area contributed by atoms with Gasteiger partial charge in [-0.05, 0) is 81.5 Å². The van der Waals surface area contributed by atoms with Crippen molar-refractivity contribution in [3.8, 4) is 0 Å². The summed E-state index contributed by atoms with van der Waals surface area (Å²) in [5.74, 6) is 1.46. The first kappa shape index (κ1) is 23.7. The Morgan fingerprint density at radius 1 is 0.944 bits per heavy atom. The summed E-state index contributed by atoms with van der Waals surface area (Å²) >= 11 is 0. The van der Waals surface area contributed by atoms with Crippen LogP contribution in [-0.4, -0.2) is 57.0 Å². The van der Waals surface area contributed by atoms with Crippen LogP contribution in [0.3, 0.4) is 0 Å². The zero-order chi connectivity index (χ0) is 24.7. The highest BCUT2D eigenvalue weighted by molar-refractivity contribution is 5.76. The third kappa shape index (κ3) is 4.15. The summed E-state index contributed by atoms with van der Waals surface area (Å²) in [6.07, 6.45) is 9.07. The Morgan fingerprint density at radius 2 is 1.61 bits per heavy atom. The summed E-state index contributed by atoms with van der Waals surface area (Å²) in [7, 11) is 0. The van der Waals surface area contributed by atoms with E-state index in [2.05, 4.69) is 75.9 Å². The molecule has 2 bridgehead atoms. The van der Waals surface area contributed by atoms with E-state index in [1.165, 1.54) is 49.7 Å². The summed E-state index contributed by atoms with van der Waals surface area (Å²) in [4.78, 5) is 22.2. The van der Waals surface area contributed by atoms with Gasteiger partial charge in [0, 0.05) is 37.6 Å². The smallest absolute Gasteiger partial charge is 0.222 e. The van der Waals surface area contributed by atoms with Gasteiger partial charge in [0.05, 0.1) is 11.0 Å². The number of imidazole rings is 1. The molecule has 0 saturated carbocycles. The molecule has 3 aliphatic heterocycles. The minimum absolute atomic E-state index is 0.180. The highest BCUT2D eigenvalue weighted by Crippen LogP contribution is 2.45. The number of nitrogens with zero attached hydrogens (tertiary/aromatic N) is 4. The Labute approximate surface area is 215 Å².